The van der Waals surface area contributed by atoms with Crippen molar-refractivity contribution < 1.29 is 16.2 Å². The molecule has 0 unspecified atom stereocenters. The normalized spacial score (nSPS) is 13.1. The van der Waals surface area contributed by atoms with E-state index in [1.165, 1.54) is 0 Å². The van der Waals surface area contributed by atoms with Crippen molar-refractivity contribution in [1.82, 2.24) is 0 Å². The van der Waals surface area contributed by atoms with E-state index in [1.54, 1.807) is 0 Å². The molecule has 0 N–H and O–H groups in total. The quantitative estimate of drug-likeness (QED) is 0.141. The molecule has 0 aromatic carbocycles. The smallest absolute Gasteiger partial charge is 0.294 e. The topological polar surface area (TPSA) is 52.6 Å². The van der Waals surface area contributed by atoms with Gasteiger partial charge < -0.3 is 0 Å². The first-order valence-corrected chi connectivity index (χ1v) is 19.8. The lowest BCUT2D eigenvalue weighted by molar-refractivity contribution is 0.371. The molecule has 4 nitrogen and oxygen atoms in total. The minimum absolute atomic E-state index is 0.944. The number of hydrogen-bond acceptors (Lipinski definition) is 4. The van der Waals surface area contributed by atoms with Gasteiger partial charge in [0.25, 0.3) is 0 Å². The molecule has 0 aliphatic carbocycles. The number of unbranched alkanes of at least 4 members (excludes halogenated alkanes) is 6. The maximum Gasteiger partial charge on any atom is 0.380 e. The van der Waals surface area contributed by atoms with Gasteiger partial charge >= 0.3 is 10.4 Å². The van der Waals surface area contributed by atoms with Crippen LogP contribution in [-0.4, -0.2) is 25.1 Å². The van der Waals surface area contributed by atoms with E-state index in [0.717, 1.165) is 113 Å². The van der Waals surface area contributed by atoms with Gasteiger partial charge in [-0.1, -0.05) is 119 Å². The molecule has 7 heteroatoms. The molecule has 0 fully saturated rings. The van der Waals surface area contributed by atoms with Crippen LogP contribution in [0.4, 0.5) is 0 Å². The second-order valence-electron chi connectivity index (χ2n) is 9.56. The monoisotopic (exact) mass is 494 g/mol. The van der Waals surface area contributed by atoms with E-state index < -0.39 is 27.0 Å². The van der Waals surface area contributed by atoms with Gasteiger partial charge in [0.15, 0.2) is 0 Å². The Bertz CT molecular complexity index is 442. The van der Waals surface area contributed by atoms with E-state index in [9.17, 15) is 8.42 Å². The zero-order valence-corrected chi connectivity index (χ0v) is 24.6. The highest BCUT2D eigenvalue weighted by Gasteiger charge is 2.44. The van der Waals surface area contributed by atoms with Gasteiger partial charge in [-0.15, -0.1) is 0 Å². The molecule has 0 aliphatic rings. The summed E-state index contributed by atoms with van der Waals surface area (Å²) in [5.41, 5.74) is 0. The van der Waals surface area contributed by atoms with Crippen LogP contribution in [0, 0.1) is 0 Å². The third kappa shape index (κ3) is 13.6. The average molecular weight is 495 g/mol. The first kappa shape index (κ1) is 31.3. The van der Waals surface area contributed by atoms with E-state index >= 15 is 0 Å². The molecule has 0 saturated carbocycles. The van der Waals surface area contributed by atoms with Crippen LogP contribution < -0.4 is 0 Å². The van der Waals surface area contributed by atoms with Crippen molar-refractivity contribution in [3.63, 3.8) is 0 Å². The van der Waals surface area contributed by atoms with Crippen LogP contribution in [0.2, 0.25) is 36.3 Å². The van der Waals surface area contributed by atoms with E-state index in [4.69, 9.17) is 7.74 Å². The van der Waals surface area contributed by atoms with Crippen LogP contribution in [0.25, 0.3) is 0 Å². The van der Waals surface area contributed by atoms with Crippen LogP contribution in [0.1, 0.15) is 119 Å². The summed E-state index contributed by atoms with van der Waals surface area (Å²) >= 11 is 0. The fourth-order valence-electron chi connectivity index (χ4n) is 4.44. The van der Waals surface area contributed by atoms with Crippen molar-refractivity contribution in [1.29, 1.82) is 0 Å². The molecular formula is C24H54O4SSi2. The summed E-state index contributed by atoms with van der Waals surface area (Å²) in [7, 11) is -8.71. The van der Waals surface area contributed by atoms with Crippen LogP contribution in [0.15, 0.2) is 0 Å². The largest absolute Gasteiger partial charge is 0.380 e. The van der Waals surface area contributed by atoms with Gasteiger partial charge in [0.2, 0.25) is 16.6 Å². The Kier molecular flexibility index (Phi) is 17.9. The second kappa shape index (κ2) is 17.7. The van der Waals surface area contributed by atoms with Gasteiger partial charge in [0, 0.05) is 0 Å². The molecule has 0 rings (SSSR count). The van der Waals surface area contributed by atoms with Crippen molar-refractivity contribution in [2.24, 2.45) is 0 Å². The molecule has 0 heterocycles. The summed E-state index contributed by atoms with van der Waals surface area (Å²) in [5, 5.41) is 0. The third-order valence-electron chi connectivity index (χ3n) is 6.47. The molecule has 0 saturated heterocycles. The zero-order valence-electron chi connectivity index (χ0n) is 21.8. The minimum Gasteiger partial charge on any atom is -0.294 e. The third-order valence-corrected chi connectivity index (χ3v) is 18.5. The highest BCUT2D eigenvalue weighted by Crippen LogP contribution is 2.36. The highest BCUT2D eigenvalue weighted by molar-refractivity contribution is 7.84. The zero-order chi connectivity index (χ0) is 23.6. The van der Waals surface area contributed by atoms with Crippen molar-refractivity contribution in [2.75, 3.05) is 0 Å². The first-order chi connectivity index (χ1) is 14.8. The fourth-order valence-corrected chi connectivity index (χ4v) is 17.8. The molecule has 0 amide bonds. The molecule has 0 bridgehead atoms. The first-order valence-electron chi connectivity index (χ1n) is 13.4. The van der Waals surface area contributed by atoms with Crippen LogP contribution in [-0.2, 0) is 18.1 Å². The summed E-state index contributed by atoms with van der Waals surface area (Å²) in [4.78, 5) is 0. The lowest BCUT2D eigenvalue weighted by Gasteiger charge is -2.35. The summed E-state index contributed by atoms with van der Waals surface area (Å²) in [6, 6.07) is 5.66. The Hall–Kier alpha value is 0.304. The maximum atomic E-state index is 13.5. The minimum atomic E-state index is -3.96. The van der Waals surface area contributed by atoms with Gasteiger partial charge in [-0.05, 0) is 36.3 Å². The molecular weight excluding hydrogens is 440 g/mol. The maximum absolute atomic E-state index is 13.5. The Balaban J connectivity index is 5.81. The Labute approximate surface area is 197 Å². The molecule has 188 valence electrons. The lowest BCUT2D eigenvalue weighted by Crippen LogP contribution is -2.46. The summed E-state index contributed by atoms with van der Waals surface area (Å²) in [6.45, 7) is 13.1. The second-order valence-corrected chi connectivity index (χ2v) is 19.4. The van der Waals surface area contributed by atoms with Crippen molar-refractivity contribution >= 4 is 27.0 Å². The fraction of sp³-hybridized carbons (Fsp3) is 1.00. The summed E-state index contributed by atoms with van der Waals surface area (Å²) in [6.07, 6.45) is 12.8. The number of hydrogen-bond donors (Lipinski definition) is 0. The Morgan fingerprint density at radius 1 is 0.452 bits per heavy atom. The van der Waals surface area contributed by atoms with Crippen LogP contribution in [0.5, 0.6) is 0 Å². The van der Waals surface area contributed by atoms with Gasteiger partial charge in [-0.2, -0.15) is 8.42 Å². The highest BCUT2D eigenvalue weighted by atomic mass is 32.3. The van der Waals surface area contributed by atoms with E-state index in [-0.39, 0.29) is 0 Å². The lowest BCUT2D eigenvalue weighted by atomic mass is 10.4. The predicted octanol–water partition coefficient (Wildman–Crippen LogP) is 8.96. The summed E-state index contributed by atoms with van der Waals surface area (Å²) in [5.74, 6) is 0. The van der Waals surface area contributed by atoms with E-state index in [0.29, 0.717) is 0 Å². The molecule has 0 aromatic rings. The molecule has 0 atom stereocenters. The standard InChI is InChI=1S/C24H54O4SSi2/c1-7-13-19-30(20-14-8-2,21-15-9-3)27-29(25,26)28-31(22-16-10-4,23-17-11-5)24-18-12-6/h7-24H2,1-6H3. The van der Waals surface area contributed by atoms with Gasteiger partial charge in [0.1, 0.15) is 0 Å². The predicted molar refractivity (Wildman–Crippen MR) is 141 cm³/mol. The van der Waals surface area contributed by atoms with Crippen molar-refractivity contribution in [3.05, 3.63) is 0 Å². The number of rotatable bonds is 22. The Morgan fingerprint density at radius 3 is 0.806 bits per heavy atom. The Morgan fingerprint density at radius 2 is 0.645 bits per heavy atom. The SMILES string of the molecule is CCCC[Si](CCCC)(CCCC)OS(=O)(=O)O[Si](CCCC)(CCCC)CCCC. The molecule has 0 spiro atoms. The molecule has 0 radical (unpaired) electrons. The van der Waals surface area contributed by atoms with Gasteiger partial charge in [0.05, 0.1) is 0 Å². The van der Waals surface area contributed by atoms with Gasteiger partial charge in [-0.3, -0.25) is 7.74 Å². The summed E-state index contributed by atoms with van der Waals surface area (Å²) < 4.78 is 39.4. The van der Waals surface area contributed by atoms with Crippen molar-refractivity contribution in [2.45, 2.75) is 155 Å². The van der Waals surface area contributed by atoms with Crippen LogP contribution in [0.3, 0.4) is 0 Å². The van der Waals surface area contributed by atoms with Crippen molar-refractivity contribution in [3.8, 4) is 0 Å². The molecule has 0 aromatic heterocycles. The van der Waals surface area contributed by atoms with E-state index in [1.807, 2.05) is 0 Å². The molecule has 31 heavy (non-hydrogen) atoms. The molecule has 0 aliphatic heterocycles. The van der Waals surface area contributed by atoms with E-state index in [2.05, 4.69) is 41.5 Å². The van der Waals surface area contributed by atoms with Gasteiger partial charge in [-0.25, -0.2) is 0 Å². The average Bonchev–Trinajstić information content (AvgIpc) is 2.75. The van der Waals surface area contributed by atoms with Crippen LogP contribution >= 0.6 is 0 Å².